The Kier molecular flexibility index (Phi) is 9.21. The molecule has 0 N–H and O–H groups in total. The second kappa shape index (κ2) is 15.6. The van der Waals surface area contributed by atoms with Crippen LogP contribution in [0.4, 0.5) is 17.1 Å². The first-order valence-corrected chi connectivity index (χ1v) is 22.6. The fourth-order valence-corrected chi connectivity index (χ4v) is 10.3. The Morgan fingerprint density at radius 1 is 0.323 bits per heavy atom. The van der Waals surface area contributed by atoms with Crippen molar-refractivity contribution in [1.29, 1.82) is 0 Å². The molecule has 1 aliphatic rings. The lowest BCUT2D eigenvalue weighted by molar-refractivity contribution is 0.660. The standard InChI is InChI=1S/C63H46N2/c1-63(2)58-20-10-6-17-54(58)55-41-40-52(42-59(55)63)64(60-21-11-7-16-53(60)49-30-28-44(29-31-49)43-14-4-3-5-15-43)50-36-32-47(33-37-50)45-24-26-46(27-25-45)48-34-38-51(39-35-48)65-61-22-12-8-18-56(61)57-19-9-13-23-62(57)65/h3-42H,1-2H3. The molecule has 0 amide bonds. The van der Waals surface area contributed by atoms with E-state index in [1.165, 1.54) is 88.6 Å². The molecule has 1 aliphatic carbocycles. The highest BCUT2D eigenvalue weighted by molar-refractivity contribution is 6.09. The molecule has 0 saturated carbocycles. The van der Waals surface area contributed by atoms with Crippen LogP contribution in [0.1, 0.15) is 25.0 Å². The zero-order valence-corrected chi connectivity index (χ0v) is 36.5. The molecular formula is C63H46N2. The normalized spacial score (nSPS) is 12.6. The first-order chi connectivity index (χ1) is 32.0. The van der Waals surface area contributed by atoms with Gasteiger partial charge in [-0.25, -0.2) is 0 Å². The SMILES string of the molecule is CC1(C)c2ccccc2-c2ccc(N(c3ccc(-c4ccc(-c5ccc(-n6c7ccccc7c7ccccc76)cc5)cc4)cc3)c3ccccc3-c3ccc(-c4ccccc4)cc3)cc21. The molecule has 0 bridgehead atoms. The molecule has 2 heteroatoms. The van der Waals surface area contributed by atoms with E-state index >= 15 is 0 Å². The van der Waals surface area contributed by atoms with Crippen LogP contribution >= 0.6 is 0 Å². The molecular weight excluding hydrogens is 785 g/mol. The smallest absolute Gasteiger partial charge is 0.0541 e. The van der Waals surface area contributed by atoms with Gasteiger partial charge in [0.05, 0.1) is 16.7 Å². The molecule has 12 rings (SSSR count). The molecule has 2 nitrogen and oxygen atoms in total. The Hall–Kier alpha value is -8.20. The molecule has 0 radical (unpaired) electrons. The Morgan fingerprint density at radius 2 is 0.754 bits per heavy atom. The topological polar surface area (TPSA) is 8.17 Å². The maximum absolute atomic E-state index is 2.44. The third-order valence-corrected chi connectivity index (χ3v) is 13.7. The van der Waals surface area contributed by atoms with Crippen molar-refractivity contribution in [2.24, 2.45) is 0 Å². The first-order valence-electron chi connectivity index (χ1n) is 22.6. The molecule has 1 heterocycles. The van der Waals surface area contributed by atoms with E-state index in [1.807, 2.05) is 0 Å². The van der Waals surface area contributed by atoms with Crippen molar-refractivity contribution in [3.8, 4) is 61.3 Å². The van der Waals surface area contributed by atoms with Crippen LogP contribution in [0.3, 0.4) is 0 Å². The zero-order valence-electron chi connectivity index (χ0n) is 36.5. The zero-order chi connectivity index (χ0) is 43.5. The van der Waals surface area contributed by atoms with E-state index in [9.17, 15) is 0 Å². The molecule has 0 spiro atoms. The van der Waals surface area contributed by atoms with Gasteiger partial charge >= 0.3 is 0 Å². The fraction of sp³-hybridized carbons (Fsp3) is 0.0476. The Bertz CT molecular complexity index is 3470. The summed E-state index contributed by atoms with van der Waals surface area (Å²) in [6.07, 6.45) is 0. The van der Waals surface area contributed by atoms with Crippen LogP contribution in [-0.4, -0.2) is 4.57 Å². The third-order valence-electron chi connectivity index (χ3n) is 13.7. The maximum Gasteiger partial charge on any atom is 0.0541 e. The minimum atomic E-state index is -0.120. The number of anilines is 3. The molecule has 0 saturated heterocycles. The van der Waals surface area contributed by atoms with Crippen LogP contribution in [0.25, 0.3) is 83.1 Å². The lowest BCUT2D eigenvalue weighted by Gasteiger charge is -2.30. The van der Waals surface area contributed by atoms with E-state index in [0.29, 0.717) is 0 Å². The summed E-state index contributed by atoms with van der Waals surface area (Å²) < 4.78 is 2.37. The van der Waals surface area contributed by atoms with Gasteiger partial charge in [-0.3, -0.25) is 0 Å². The van der Waals surface area contributed by atoms with Gasteiger partial charge in [-0.1, -0.05) is 202 Å². The van der Waals surface area contributed by atoms with Crippen molar-refractivity contribution in [3.63, 3.8) is 0 Å². The summed E-state index contributed by atoms with van der Waals surface area (Å²) in [5.74, 6) is 0. The fourth-order valence-electron chi connectivity index (χ4n) is 10.3. The molecule has 1 aromatic heterocycles. The van der Waals surface area contributed by atoms with Gasteiger partial charge in [0.25, 0.3) is 0 Å². The predicted molar refractivity (Wildman–Crippen MR) is 275 cm³/mol. The highest BCUT2D eigenvalue weighted by atomic mass is 15.1. The van der Waals surface area contributed by atoms with Crippen LogP contribution in [-0.2, 0) is 5.41 Å². The van der Waals surface area contributed by atoms with Crippen molar-refractivity contribution in [3.05, 3.63) is 254 Å². The number of aromatic nitrogens is 1. The van der Waals surface area contributed by atoms with E-state index in [-0.39, 0.29) is 5.41 Å². The third kappa shape index (κ3) is 6.57. The highest BCUT2D eigenvalue weighted by Crippen LogP contribution is 2.51. The molecule has 0 fully saturated rings. The number of hydrogen-bond donors (Lipinski definition) is 0. The van der Waals surface area contributed by atoms with E-state index in [4.69, 9.17) is 0 Å². The number of hydrogen-bond acceptors (Lipinski definition) is 1. The Balaban J connectivity index is 0.883. The number of fused-ring (bicyclic) bond motifs is 6. The second-order valence-corrected chi connectivity index (χ2v) is 17.7. The molecule has 0 aliphatic heterocycles. The summed E-state index contributed by atoms with van der Waals surface area (Å²) in [6, 6.07) is 88.7. The van der Waals surface area contributed by atoms with Crippen molar-refractivity contribution in [1.82, 2.24) is 4.57 Å². The van der Waals surface area contributed by atoms with Gasteiger partial charge in [0.2, 0.25) is 0 Å². The van der Waals surface area contributed by atoms with E-state index in [2.05, 4.69) is 266 Å². The molecule has 0 unspecified atom stereocenters. The molecule has 308 valence electrons. The van der Waals surface area contributed by atoms with Crippen molar-refractivity contribution < 1.29 is 0 Å². The summed E-state index contributed by atoms with van der Waals surface area (Å²) in [4.78, 5) is 2.44. The lowest BCUT2D eigenvalue weighted by atomic mass is 9.82. The minimum Gasteiger partial charge on any atom is -0.310 e. The summed E-state index contributed by atoms with van der Waals surface area (Å²) in [5, 5.41) is 2.55. The first kappa shape index (κ1) is 38.5. The summed E-state index contributed by atoms with van der Waals surface area (Å²) >= 11 is 0. The van der Waals surface area contributed by atoms with Crippen LogP contribution in [0.15, 0.2) is 243 Å². The van der Waals surface area contributed by atoms with Gasteiger partial charge in [-0.2, -0.15) is 0 Å². The maximum atomic E-state index is 2.44. The van der Waals surface area contributed by atoms with Crippen molar-refractivity contribution in [2.75, 3.05) is 4.90 Å². The van der Waals surface area contributed by atoms with Gasteiger partial charge in [-0.15, -0.1) is 0 Å². The minimum absolute atomic E-state index is 0.120. The van der Waals surface area contributed by atoms with Crippen molar-refractivity contribution >= 4 is 38.9 Å². The summed E-state index contributed by atoms with van der Waals surface area (Å²) in [5.41, 5.74) is 21.8. The number of nitrogens with zero attached hydrogens (tertiary/aromatic N) is 2. The molecule has 11 aromatic rings. The average molecular weight is 831 g/mol. The van der Waals surface area contributed by atoms with Crippen molar-refractivity contribution in [2.45, 2.75) is 19.3 Å². The largest absolute Gasteiger partial charge is 0.310 e. The van der Waals surface area contributed by atoms with Gasteiger partial charge in [0, 0.05) is 38.8 Å². The Labute approximate surface area is 381 Å². The quantitative estimate of drug-likeness (QED) is 0.148. The lowest BCUT2D eigenvalue weighted by Crippen LogP contribution is -2.16. The van der Waals surface area contributed by atoms with E-state index < -0.39 is 0 Å². The number of para-hydroxylation sites is 3. The molecule has 65 heavy (non-hydrogen) atoms. The predicted octanol–water partition coefficient (Wildman–Crippen LogP) is 17.2. The molecule has 0 atom stereocenters. The average Bonchev–Trinajstić information content (AvgIpc) is 3.83. The number of rotatable bonds is 8. The van der Waals surface area contributed by atoms with Gasteiger partial charge in [0.1, 0.15) is 0 Å². The highest BCUT2D eigenvalue weighted by Gasteiger charge is 2.36. The summed E-state index contributed by atoms with van der Waals surface area (Å²) in [7, 11) is 0. The van der Waals surface area contributed by atoms with Crippen LogP contribution < -0.4 is 4.90 Å². The van der Waals surface area contributed by atoms with Gasteiger partial charge in [0.15, 0.2) is 0 Å². The van der Waals surface area contributed by atoms with Gasteiger partial charge in [-0.05, 0) is 116 Å². The number of benzene rings is 10. The molecule has 10 aromatic carbocycles. The summed E-state index contributed by atoms with van der Waals surface area (Å²) in [6.45, 7) is 4.71. The van der Waals surface area contributed by atoms with Gasteiger partial charge < -0.3 is 9.47 Å². The van der Waals surface area contributed by atoms with Crippen LogP contribution in [0, 0.1) is 0 Å². The van der Waals surface area contributed by atoms with Crippen LogP contribution in [0.5, 0.6) is 0 Å². The van der Waals surface area contributed by atoms with Crippen LogP contribution in [0.2, 0.25) is 0 Å². The van der Waals surface area contributed by atoms with E-state index in [0.717, 1.165) is 22.7 Å². The monoisotopic (exact) mass is 830 g/mol. The van der Waals surface area contributed by atoms with E-state index in [1.54, 1.807) is 0 Å². The Morgan fingerprint density at radius 3 is 1.37 bits per heavy atom. The second-order valence-electron chi connectivity index (χ2n) is 17.7.